The lowest BCUT2D eigenvalue weighted by Gasteiger charge is -2.36. The number of rotatable bonds is 4. The third-order valence-electron chi connectivity index (χ3n) is 3.40. The Morgan fingerprint density at radius 3 is 1.90 bits per heavy atom. The quantitative estimate of drug-likeness (QED) is 0.812. The Labute approximate surface area is 111 Å². The van der Waals surface area contributed by atoms with Gasteiger partial charge in [0.05, 0.1) is 19.0 Å². The largest absolute Gasteiger partial charge is 0.480 e. The van der Waals surface area contributed by atoms with Crippen molar-refractivity contribution in [2.75, 3.05) is 13.1 Å². The van der Waals surface area contributed by atoms with Crippen molar-refractivity contribution < 1.29 is 36.2 Å². The first-order chi connectivity index (χ1) is 8.99. The zero-order valence-corrected chi connectivity index (χ0v) is 10.5. The maximum atomic E-state index is 12.5. The molecule has 0 unspecified atom stereocenters. The summed E-state index contributed by atoms with van der Waals surface area (Å²) in [4.78, 5) is 11.3. The standard InChI is InChI=1S/C11H15F6NO2/c12-10(13,14)6-18(5-9(19)20)8-3-1-7(2-4-8)11(15,16)17/h7-8H,1-6H2,(H,19,20). The summed E-state index contributed by atoms with van der Waals surface area (Å²) in [5.41, 5.74) is 0. The molecule has 0 atom stereocenters. The van der Waals surface area contributed by atoms with Crippen molar-refractivity contribution in [2.45, 2.75) is 44.1 Å². The fourth-order valence-electron chi connectivity index (χ4n) is 2.49. The molecule has 0 spiro atoms. The molecule has 1 fully saturated rings. The van der Waals surface area contributed by atoms with Crippen LogP contribution in [0, 0.1) is 5.92 Å². The molecule has 118 valence electrons. The average molecular weight is 307 g/mol. The molecule has 1 aliphatic carbocycles. The van der Waals surface area contributed by atoms with Gasteiger partial charge in [-0.3, -0.25) is 9.69 Å². The maximum Gasteiger partial charge on any atom is 0.401 e. The second kappa shape index (κ2) is 6.19. The minimum atomic E-state index is -4.57. The normalized spacial score (nSPS) is 24.9. The van der Waals surface area contributed by atoms with Crippen LogP contribution in [0.1, 0.15) is 25.7 Å². The van der Waals surface area contributed by atoms with Crippen molar-refractivity contribution >= 4 is 5.97 Å². The van der Waals surface area contributed by atoms with E-state index in [1.54, 1.807) is 0 Å². The van der Waals surface area contributed by atoms with Gasteiger partial charge >= 0.3 is 18.3 Å². The van der Waals surface area contributed by atoms with Gasteiger partial charge in [0.15, 0.2) is 0 Å². The molecular weight excluding hydrogens is 292 g/mol. The SMILES string of the molecule is O=C(O)CN(CC(F)(F)F)C1CCC(C(F)(F)F)CC1. The highest BCUT2D eigenvalue weighted by Crippen LogP contribution is 2.39. The Bertz CT molecular complexity index is 333. The first-order valence-corrected chi connectivity index (χ1v) is 6.08. The van der Waals surface area contributed by atoms with Gasteiger partial charge in [0.25, 0.3) is 0 Å². The van der Waals surface area contributed by atoms with E-state index >= 15 is 0 Å². The van der Waals surface area contributed by atoms with Crippen molar-refractivity contribution in [2.24, 2.45) is 5.92 Å². The van der Waals surface area contributed by atoms with Crippen LogP contribution in [0.3, 0.4) is 0 Å². The summed E-state index contributed by atoms with van der Waals surface area (Å²) < 4.78 is 74.5. The monoisotopic (exact) mass is 307 g/mol. The molecule has 0 amide bonds. The summed E-state index contributed by atoms with van der Waals surface area (Å²) in [6, 6.07) is -0.772. The Hall–Kier alpha value is -0.990. The number of nitrogens with zero attached hydrogens (tertiary/aromatic N) is 1. The molecule has 0 bridgehead atoms. The number of aliphatic carboxylic acids is 1. The van der Waals surface area contributed by atoms with Crippen molar-refractivity contribution in [3.8, 4) is 0 Å². The van der Waals surface area contributed by atoms with Crippen molar-refractivity contribution in [1.29, 1.82) is 0 Å². The number of alkyl halides is 6. The number of carboxylic acid groups (broad SMARTS) is 1. The molecule has 0 heterocycles. The van der Waals surface area contributed by atoms with E-state index in [0.29, 0.717) is 4.90 Å². The number of hydrogen-bond acceptors (Lipinski definition) is 2. The third-order valence-corrected chi connectivity index (χ3v) is 3.40. The van der Waals surface area contributed by atoms with E-state index in [2.05, 4.69) is 0 Å². The van der Waals surface area contributed by atoms with E-state index in [0.717, 1.165) is 0 Å². The second-order valence-electron chi connectivity index (χ2n) is 4.96. The van der Waals surface area contributed by atoms with Crippen LogP contribution in [0.2, 0.25) is 0 Å². The van der Waals surface area contributed by atoms with E-state index < -0.39 is 43.4 Å². The van der Waals surface area contributed by atoms with Gasteiger partial charge in [-0.2, -0.15) is 26.3 Å². The van der Waals surface area contributed by atoms with Gasteiger partial charge in [-0.15, -0.1) is 0 Å². The Kier molecular flexibility index (Phi) is 5.28. The van der Waals surface area contributed by atoms with Gasteiger partial charge in [0.2, 0.25) is 0 Å². The van der Waals surface area contributed by atoms with Crippen LogP contribution in [0.15, 0.2) is 0 Å². The van der Waals surface area contributed by atoms with E-state index in [4.69, 9.17) is 5.11 Å². The van der Waals surface area contributed by atoms with Gasteiger partial charge in [0.1, 0.15) is 0 Å². The molecule has 20 heavy (non-hydrogen) atoms. The van der Waals surface area contributed by atoms with Crippen LogP contribution in [0.4, 0.5) is 26.3 Å². The Morgan fingerprint density at radius 2 is 1.55 bits per heavy atom. The molecule has 1 N–H and O–H groups in total. The maximum absolute atomic E-state index is 12.5. The minimum Gasteiger partial charge on any atom is -0.480 e. The predicted molar refractivity (Wildman–Crippen MR) is 57.1 cm³/mol. The summed E-state index contributed by atoms with van der Waals surface area (Å²) in [5.74, 6) is -2.93. The van der Waals surface area contributed by atoms with Gasteiger partial charge in [0, 0.05) is 6.04 Å². The summed E-state index contributed by atoms with van der Waals surface area (Å²) >= 11 is 0. The van der Waals surface area contributed by atoms with Crippen LogP contribution in [-0.2, 0) is 4.79 Å². The highest BCUT2D eigenvalue weighted by atomic mass is 19.4. The van der Waals surface area contributed by atoms with Crippen LogP contribution in [0.5, 0.6) is 0 Å². The molecule has 1 aliphatic rings. The summed E-state index contributed by atoms with van der Waals surface area (Å²) in [6.07, 6.45) is -9.59. The van der Waals surface area contributed by atoms with E-state index in [9.17, 15) is 31.1 Å². The van der Waals surface area contributed by atoms with Crippen LogP contribution in [0.25, 0.3) is 0 Å². The molecule has 0 aliphatic heterocycles. The van der Waals surface area contributed by atoms with Crippen molar-refractivity contribution in [3.05, 3.63) is 0 Å². The Balaban J connectivity index is 2.63. The van der Waals surface area contributed by atoms with E-state index in [-0.39, 0.29) is 25.7 Å². The minimum absolute atomic E-state index is 0.0759. The molecule has 0 aromatic heterocycles. The second-order valence-corrected chi connectivity index (χ2v) is 4.96. The number of hydrogen-bond donors (Lipinski definition) is 1. The Morgan fingerprint density at radius 1 is 1.05 bits per heavy atom. The lowest BCUT2D eigenvalue weighted by atomic mass is 9.85. The average Bonchev–Trinajstić information content (AvgIpc) is 2.24. The lowest BCUT2D eigenvalue weighted by Crippen LogP contribution is -2.46. The van der Waals surface area contributed by atoms with E-state index in [1.807, 2.05) is 0 Å². The van der Waals surface area contributed by atoms with Crippen LogP contribution in [-0.4, -0.2) is 47.5 Å². The van der Waals surface area contributed by atoms with Gasteiger partial charge in [-0.1, -0.05) is 0 Å². The van der Waals surface area contributed by atoms with Crippen molar-refractivity contribution in [3.63, 3.8) is 0 Å². The first kappa shape index (κ1) is 17.1. The highest BCUT2D eigenvalue weighted by molar-refractivity contribution is 5.69. The fraction of sp³-hybridized carbons (Fsp3) is 0.909. The van der Waals surface area contributed by atoms with Crippen LogP contribution < -0.4 is 0 Å². The molecule has 0 saturated heterocycles. The fourth-order valence-corrected chi connectivity index (χ4v) is 2.49. The number of halogens is 6. The molecule has 0 aromatic carbocycles. The molecular formula is C11H15F6NO2. The number of carbonyl (C=O) groups is 1. The molecule has 0 aromatic rings. The first-order valence-electron chi connectivity index (χ1n) is 6.08. The molecule has 0 radical (unpaired) electrons. The topological polar surface area (TPSA) is 40.5 Å². The smallest absolute Gasteiger partial charge is 0.401 e. The molecule has 9 heteroatoms. The summed E-state index contributed by atoms with van der Waals surface area (Å²) in [7, 11) is 0. The zero-order chi connectivity index (χ0) is 15.6. The zero-order valence-electron chi connectivity index (χ0n) is 10.5. The van der Waals surface area contributed by atoms with Gasteiger partial charge < -0.3 is 5.11 Å². The summed E-state index contributed by atoms with van der Waals surface area (Å²) in [6.45, 7) is -2.23. The van der Waals surface area contributed by atoms with E-state index in [1.165, 1.54) is 0 Å². The lowest BCUT2D eigenvalue weighted by molar-refractivity contribution is -0.189. The van der Waals surface area contributed by atoms with Gasteiger partial charge in [-0.25, -0.2) is 0 Å². The molecule has 1 rings (SSSR count). The summed E-state index contributed by atoms with van der Waals surface area (Å²) in [5, 5.41) is 8.60. The molecule has 1 saturated carbocycles. The van der Waals surface area contributed by atoms with Gasteiger partial charge in [-0.05, 0) is 25.7 Å². The predicted octanol–water partition coefficient (Wildman–Crippen LogP) is 3.06. The third kappa shape index (κ3) is 5.56. The number of carboxylic acids is 1. The molecule has 3 nitrogen and oxygen atoms in total. The highest BCUT2D eigenvalue weighted by Gasteiger charge is 2.43. The van der Waals surface area contributed by atoms with Crippen molar-refractivity contribution in [1.82, 2.24) is 4.90 Å². The van der Waals surface area contributed by atoms with Crippen LogP contribution >= 0.6 is 0 Å².